The highest BCUT2D eigenvalue weighted by atomic mass is 16.5. The number of hydrogen-bond donors (Lipinski definition) is 1. The van der Waals surface area contributed by atoms with Gasteiger partial charge in [0.2, 0.25) is 5.91 Å². The first-order chi connectivity index (χ1) is 9.63. The first-order valence-corrected chi connectivity index (χ1v) is 7.65. The Labute approximate surface area is 122 Å². The Morgan fingerprint density at radius 3 is 2.65 bits per heavy atom. The summed E-state index contributed by atoms with van der Waals surface area (Å²) < 4.78 is 10.9. The third kappa shape index (κ3) is 3.15. The average Bonchev–Trinajstić information content (AvgIpc) is 2.48. The molecule has 2 heterocycles. The van der Waals surface area contributed by atoms with Crippen LogP contribution in [0.3, 0.4) is 0 Å². The molecule has 2 atom stereocenters. The monoisotopic (exact) mass is 284 g/mol. The van der Waals surface area contributed by atoms with Crippen molar-refractivity contribution in [1.29, 1.82) is 0 Å². The van der Waals surface area contributed by atoms with Gasteiger partial charge in [-0.3, -0.25) is 4.79 Å². The molecule has 1 amide bonds. The third-order valence-electron chi connectivity index (χ3n) is 4.91. The predicted molar refractivity (Wildman–Crippen MR) is 77.6 cm³/mol. The van der Waals surface area contributed by atoms with Gasteiger partial charge in [-0.15, -0.1) is 0 Å². The minimum atomic E-state index is -0.334. The molecule has 0 saturated carbocycles. The number of nitrogens with zero attached hydrogens (tertiary/aromatic N) is 1. The quantitative estimate of drug-likeness (QED) is 0.833. The van der Waals surface area contributed by atoms with Crippen LogP contribution in [-0.4, -0.2) is 63.9 Å². The second-order valence-electron chi connectivity index (χ2n) is 6.25. The van der Waals surface area contributed by atoms with Crippen molar-refractivity contribution < 1.29 is 14.3 Å². The highest BCUT2D eigenvalue weighted by molar-refractivity contribution is 5.83. The van der Waals surface area contributed by atoms with E-state index in [1.54, 1.807) is 14.2 Å². The fourth-order valence-corrected chi connectivity index (χ4v) is 3.46. The summed E-state index contributed by atoms with van der Waals surface area (Å²) in [5.74, 6) is 0.783. The summed E-state index contributed by atoms with van der Waals surface area (Å²) in [4.78, 5) is 15.0. The van der Waals surface area contributed by atoms with Gasteiger partial charge in [-0.05, 0) is 38.3 Å². The van der Waals surface area contributed by atoms with E-state index in [-0.39, 0.29) is 17.4 Å². The number of hydrogen-bond acceptors (Lipinski definition) is 4. The van der Waals surface area contributed by atoms with Gasteiger partial charge in [0.05, 0.1) is 18.1 Å². The molecule has 5 heteroatoms. The Morgan fingerprint density at radius 2 is 2.05 bits per heavy atom. The van der Waals surface area contributed by atoms with Gasteiger partial charge >= 0.3 is 0 Å². The van der Waals surface area contributed by atoms with Gasteiger partial charge in [-0.1, -0.05) is 6.92 Å². The Kier molecular flexibility index (Phi) is 5.41. The number of ether oxygens (including phenoxy) is 2. The molecular weight excluding hydrogens is 256 g/mol. The number of amides is 1. The number of nitrogens with one attached hydrogen (secondary N) is 1. The van der Waals surface area contributed by atoms with Crippen molar-refractivity contribution in [2.24, 2.45) is 11.3 Å². The lowest BCUT2D eigenvalue weighted by Crippen LogP contribution is -2.55. The van der Waals surface area contributed by atoms with Gasteiger partial charge in [0.25, 0.3) is 0 Å². The number of likely N-dealkylation sites (tertiary alicyclic amines) is 1. The number of methoxy groups -OCH3 is 2. The Bertz CT molecular complexity index is 324. The lowest BCUT2D eigenvalue weighted by atomic mass is 9.77. The van der Waals surface area contributed by atoms with Crippen molar-refractivity contribution in [2.45, 2.75) is 32.3 Å². The van der Waals surface area contributed by atoms with Crippen LogP contribution in [0.5, 0.6) is 0 Å². The topological polar surface area (TPSA) is 50.8 Å². The highest BCUT2D eigenvalue weighted by Crippen LogP contribution is 2.33. The molecule has 116 valence electrons. The Morgan fingerprint density at radius 1 is 1.35 bits per heavy atom. The molecule has 0 aromatic rings. The molecule has 2 unspecified atom stereocenters. The van der Waals surface area contributed by atoms with E-state index < -0.39 is 0 Å². The van der Waals surface area contributed by atoms with Crippen LogP contribution >= 0.6 is 0 Å². The van der Waals surface area contributed by atoms with Crippen LogP contribution < -0.4 is 5.32 Å². The third-order valence-corrected chi connectivity index (χ3v) is 4.91. The number of piperidine rings is 2. The maximum Gasteiger partial charge on any atom is 0.231 e. The molecule has 0 aliphatic carbocycles. The normalized spacial score (nSPS) is 30.2. The van der Waals surface area contributed by atoms with Crippen LogP contribution in [0.4, 0.5) is 0 Å². The minimum Gasteiger partial charge on any atom is -0.384 e. The largest absolute Gasteiger partial charge is 0.384 e. The van der Waals surface area contributed by atoms with Crippen molar-refractivity contribution in [2.75, 3.05) is 47.0 Å². The van der Waals surface area contributed by atoms with Gasteiger partial charge in [-0.2, -0.15) is 0 Å². The summed E-state index contributed by atoms with van der Waals surface area (Å²) in [7, 11) is 3.43. The van der Waals surface area contributed by atoms with E-state index in [1.807, 2.05) is 4.90 Å². The van der Waals surface area contributed by atoms with E-state index in [0.717, 1.165) is 45.4 Å². The van der Waals surface area contributed by atoms with Gasteiger partial charge in [0.15, 0.2) is 0 Å². The molecule has 2 aliphatic heterocycles. The van der Waals surface area contributed by atoms with Gasteiger partial charge in [-0.25, -0.2) is 0 Å². The first kappa shape index (κ1) is 15.7. The number of carbonyl (C=O) groups excluding carboxylic acids is 1. The van der Waals surface area contributed by atoms with Crippen molar-refractivity contribution in [3.8, 4) is 0 Å². The van der Waals surface area contributed by atoms with Crippen molar-refractivity contribution >= 4 is 5.91 Å². The molecule has 0 aromatic carbocycles. The summed E-state index contributed by atoms with van der Waals surface area (Å²) in [6.45, 7) is 6.08. The minimum absolute atomic E-state index is 0.161. The molecule has 20 heavy (non-hydrogen) atoms. The second-order valence-corrected chi connectivity index (χ2v) is 6.25. The Balaban J connectivity index is 2.07. The zero-order chi connectivity index (χ0) is 14.6. The summed E-state index contributed by atoms with van der Waals surface area (Å²) in [6.07, 6.45) is 2.91. The molecule has 0 spiro atoms. The molecule has 0 aromatic heterocycles. The second kappa shape index (κ2) is 6.87. The van der Waals surface area contributed by atoms with Crippen LogP contribution in [0, 0.1) is 11.3 Å². The lowest BCUT2D eigenvalue weighted by Gasteiger charge is -2.43. The lowest BCUT2D eigenvalue weighted by molar-refractivity contribution is -0.152. The maximum atomic E-state index is 13.0. The van der Waals surface area contributed by atoms with E-state index in [9.17, 15) is 4.79 Å². The van der Waals surface area contributed by atoms with E-state index in [1.165, 1.54) is 0 Å². The van der Waals surface area contributed by atoms with Crippen molar-refractivity contribution in [3.63, 3.8) is 0 Å². The number of rotatable bonds is 4. The molecule has 2 rings (SSSR count). The van der Waals surface area contributed by atoms with Gasteiger partial charge in [0.1, 0.15) is 0 Å². The molecule has 1 N–H and O–H groups in total. The average molecular weight is 284 g/mol. The summed E-state index contributed by atoms with van der Waals surface area (Å²) >= 11 is 0. The molecule has 0 radical (unpaired) electrons. The van der Waals surface area contributed by atoms with Crippen LogP contribution in [-0.2, 0) is 14.3 Å². The first-order valence-electron chi connectivity index (χ1n) is 7.65. The zero-order valence-electron chi connectivity index (χ0n) is 13.0. The molecule has 0 bridgehead atoms. The maximum absolute atomic E-state index is 13.0. The van der Waals surface area contributed by atoms with Crippen LogP contribution in [0.1, 0.15) is 26.2 Å². The fourth-order valence-electron chi connectivity index (χ4n) is 3.46. The summed E-state index contributed by atoms with van der Waals surface area (Å²) in [5, 5.41) is 3.33. The van der Waals surface area contributed by atoms with E-state index >= 15 is 0 Å². The van der Waals surface area contributed by atoms with Gasteiger partial charge < -0.3 is 19.7 Å². The van der Waals surface area contributed by atoms with Crippen LogP contribution in [0.25, 0.3) is 0 Å². The standard InChI is InChI=1S/C15H28N2O3/c1-12-4-9-17(10-13(12)20-3)14(18)15(11-19-2)5-7-16-8-6-15/h12-13,16H,4-11H2,1-3H3. The van der Waals surface area contributed by atoms with Crippen LogP contribution in [0.15, 0.2) is 0 Å². The SMILES string of the molecule is COCC1(C(=O)N2CCC(C)C(OC)C2)CCNCC1. The smallest absolute Gasteiger partial charge is 0.231 e. The summed E-state index contributed by atoms with van der Waals surface area (Å²) in [5.41, 5.74) is -0.334. The molecule has 2 aliphatic rings. The highest BCUT2D eigenvalue weighted by Gasteiger charge is 2.43. The van der Waals surface area contributed by atoms with Crippen LogP contribution in [0.2, 0.25) is 0 Å². The zero-order valence-corrected chi connectivity index (χ0v) is 13.0. The van der Waals surface area contributed by atoms with E-state index in [0.29, 0.717) is 12.5 Å². The predicted octanol–water partition coefficient (Wildman–Crippen LogP) is 0.886. The fraction of sp³-hybridized carbons (Fsp3) is 0.933. The molecule has 5 nitrogen and oxygen atoms in total. The summed E-state index contributed by atoms with van der Waals surface area (Å²) in [6, 6.07) is 0. The molecular formula is C15H28N2O3. The van der Waals surface area contributed by atoms with Crippen molar-refractivity contribution in [3.05, 3.63) is 0 Å². The molecule has 2 fully saturated rings. The number of carbonyl (C=O) groups is 1. The van der Waals surface area contributed by atoms with E-state index in [4.69, 9.17) is 9.47 Å². The molecule has 2 saturated heterocycles. The van der Waals surface area contributed by atoms with Gasteiger partial charge in [0, 0.05) is 27.3 Å². The van der Waals surface area contributed by atoms with E-state index in [2.05, 4.69) is 12.2 Å². The Hall–Kier alpha value is -0.650. The van der Waals surface area contributed by atoms with Crippen molar-refractivity contribution in [1.82, 2.24) is 10.2 Å².